The molecular weight excluding hydrogens is 221 g/mol. The van der Waals surface area contributed by atoms with Crippen LogP contribution < -0.4 is 10.1 Å². The van der Waals surface area contributed by atoms with Gasteiger partial charge in [-0.25, -0.2) is 4.39 Å². The van der Waals surface area contributed by atoms with Crippen molar-refractivity contribution in [1.29, 1.82) is 0 Å². The zero-order valence-electron chi connectivity index (χ0n) is 10.6. The van der Waals surface area contributed by atoms with Crippen LogP contribution in [0.15, 0.2) is 18.2 Å². The van der Waals surface area contributed by atoms with Gasteiger partial charge in [-0.3, -0.25) is 0 Å². The quantitative estimate of drug-likeness (QED) is 0.744. The Balaban J connectivity index is 2.51. The van der Waals surface area contributed by atoms with Crippen LogP contribution in [0, 0.1) is 5.82 Å². The Hall–Kier alpha value is -1.13. The molecule has 0 aromatic heterocycles. The zero-order valence-corrected chi connectivity index (χ0v) is 10.6. The van der Waals surface area contributed by atoms with Crippen LogP contribution in [0.25, 0.3) is 0 Å². The Morgan fingerprint density at radius 3 is 2.71 bits per heavy atom. The van der Waals surface area contributed by atoms with Crippen LogP contribution >= 0.6 is 0 Å². The summed E-state index contributed by atoms with van der Waals surface area (Å²) in [4.78, 5) is 0. The highest BCUT2D eigenvalue weighted by atomic mass is 19.1. The molecule has 1 aromatic carbocycles. The van der Waals surface area contributed by atoms with Crippen LogP contribution in [-0.2, 0) is 4.74 Å². The number of hydrogen-bond acceptors (Lipinski definition) is 3. The molecule has 0 aliphatic rings. The molecule has 1 unspecified atom stereocenters. The third-order valence-electron chi connectivity index (χ3n) is 2.65. The van der Waals surface area contributed by atoms with E-state index in [2.05, 4.69) is 5.32 Å². The molecule has 96 valence electrons. The van der Waals surface area contributed by atoms with E-state index in [0.717, 1.165) is 25.1 Å². The fourth-order valence-electron chi connectivity index (χ4n) is 1.60. The van der Waals surface area contributed by atoms with Crippen molar-refractivity contribution in [2.75, 3.05) is 27.4 Å². The molecule has 0 fully saturated rings. The summed E-state index contributed by atoms with van der Waals surface area (Å²) in [6.07, 6.45) is 0.944. The largest absolute Gasteiger partial charge is 0.494 e. The minimum absolute atomic E-state index is 0.118. The SMILES string of the molecule is COCCCNC(C)c1ccc(OC)c(F)c1. The summed E-state index contributed by atoms with van der Waals surface area (Å²) in [6.45, 7) is 3.59. The molecule has 1 aromatic rings. The molecule has 1 atom stereocenters. The molecule has 0 saturated carbocycles. The van der Waals surface area contributed by atoms with Gasteiger partial charge in [0.25, 0.3) is 0 Å². The molecule has 3 nitrogen and oxygen atoms in total. The second kappa shape index (κ2) is 7.25. The van der Waals surface area contributed by atoms with Crippen molar-refractivity contribution in [2.24, 2.45) is 0 Å². The zero-order chi connectivity index (χ0) is 12.7. The predicted octanol–water partition coefficient (Wildman–Crippen LogP) is 2.52. The van der Waals surface area contributed by atoms with Gasteiger partial charge in [-0.05, 0) is 37.6 Å². The van der Waals surface area contributed by atoms with E-state index in [1.165, 1.54) is 13.2 Å². The second-order valence-corrected chi connectivity index (χ2v) is 3.92. The lowest BCUT2D eigenvalue weighted by Crippen LogP contribution is -2.20. The highest BCUT2D eigenvalue weighted by molar-refractivity contribution is 5.30. The molecule has 4 heteroatoms. The van der Waals surface area contributed by atoms with E-state index in [0.29, 0.717) is 0 Å². The number of methoxy groups -OCH3 is 2. The van der Waals surface area contributed by atoms with Crippen LogP contribution in [-0.4, -0.2) is 27.4 Å². The maximum atomic E-state index is 13.5. The monoisotopic (exact) mass is 241 g/mol. The van der Waals surface area contributed by atoms with Crippen LogP contribution in [0.3, 0.4) is 0 Å². The van der Waals surface area contributed by atoms with E-state index in [9.17, 15) is 4.39 Å². The second-order valence-electron chi connectivity index (χ2n) is 3.92. The lowest BCUT2D eigenvalue weighted by Gasteiger charge is -2.15. The van der Waals surface area contributed by atoms with Gasteiger partial charge in [0.05, 0.1) is 7.11 Å². The van der Waals surface area contributed by atoms with Crippen molar-refractivity contribution < 1.29 is 13.9 Å². The topological polar surface area (TPSA) is 30.5 Å². The summed E-state index contributed by atoms with van der Waals surface area (Å²) in [7, 11) is 3.15. The molecule has 0 saturated heterocycles. The molecule has 0 amide bonds. The summed E-state index contributed by atoms with van der Waals surface area (Å²) in [5.74, 6) is -0.0455. The number of nitrogens with one attached hydrogen (secondary N) is 1. The lowest BCUT2D eigenvalue weighted by molar-refractivity contribution is 0.193. The number of hydrogen-bond donors (Lipinski definition) is 1. The first-order chi connectivity index (χ1) is 8.19. The molecule has 0 heterocycles. The maximum Gasteiger partial charge on any atom is 0.165 e. The van der Waals surface area contributed by atoms with E-state index in [1.54, 1.807) is 13.2 Å². The van der Waals surface area contributed by atoms with Gasteiger partial charge in [0, 0.05) is 19.8 Å². The smallest absolute Gasteiger partial charge is 0.165 e. The minimum Gasteiger partial charge on any atom is -0.494 e. The number of halogens is 1. The molecule has 17 heavy (non-hydrogen) atoms. The molecule has 0 spiro atoms. The molecule has 0 radical (unpaired) electrons. The van der Waals surface area contributed by atoms with Gasteiger partial charge in [-0.15, -0.1) is 0 Å². The van der Waals surface area contributed by atoms with Gasteiger partial charge in [0.1, 0.15) is 0 Å². The molecular formula is C13H20FNO2. The van der Waals surface area contributed by atoms with Gasteiger partial charge in [0.2, 0.25) is 0 Å². The van der Waals surface area contributed by atoms with Crippen LogP contribution in [0.1, 0.15) is 24.9 Å². The Labute approximate surface area is 102 Å². The molecule has 0 bridgehead atoms. The van der Waals surface area contributed by atoms with Gasteiger partial charge in [-0.1, -0.05) is 6.07 Å². The summed E-state index contributed by atoms with van der Waals surface area (Å²) in [6, 6.07) is 5.15. The summed E-state index contributed by atoms with van der Waals surface area (Å²) < 4.78 is 23.3. The number of ether oxygens (including phenoxy) is 2. The predicted molar refractivity (Wildman–Crippen MR) is 65.9 cm³/mol. The molecule has 1 N–H and O–H groups in total. The highest BCUT2D eigenvalue weighted by Gasteiger charge is 2.08. The summed E-state index contributed by atoms with van der Waals surface area (Å²) in [5, 5.41) is 3.31. The maximum absolute atomic E-state index is 13.5. The standard InChI is InChI=1S/C13H20FNO2/c1-10(15-7-4-8-16-2)11-5-6-13(17-3)12(14)9-11/h5-6,9-10,15H,4,7-8H2,1-3H3. The van der Waals surface area contributed by atoms with Crippen molar-refractivity contribution in [3.8, 4) is 5.75 Å². The van der Waals surface area contributed by atoms with Crippen LogP contribution in [0.5, 0.6) is 5.75 Å². The first-order valence-corrected chi connectivity index (χ1v) is 5.74. The van der Waals surface area contributed by atoms with E-state index in [1.807, 2.05) is 13.0 Å². The Morgan fingerprint density at radius 2 is 2.12 bits per heavy atom. The fraction of sp³-hybridized carbons (Fsp3) is 0.538. The Morgan fingerprint density at radius 1 is 1.35 bits per heavy atom. The summed E-state index contributed by atoms with van der Waals surface area (Å²) in [5.41, 5.74) is 0.917. The van der Waals surface area contributed by atoms with E-state index >= 15 is 0 Å². The van der Waals surface area contributed by atoms with Gasteiger partial charge in [-0.2, -0.15) is 0 Å². The highest BCUT2D eigenvalue weighted by Crippen LogP contribution is 2.21. The van der Waals surface area contributed by atoms with E-state index in [4.69, 9.17) is 9.47 Å². The van der Waals surface area contributed by atoms with Crippen molar-refractivity contribution in [3.63, 3.8) is 0 Å². The van der Waals surface area contributed by atoms with Crippen molar-refractivity contribution >= 4 is 0 Å². The van der Waals surface area contributed by atoms with Crippen molar-refractivity contribution in [3.05, 3.63) is 29.6 Å². The van der Waals surface area contributed by atoms with Crippen LogP contribution in [0.2, 0.25) is 0 Å². The van der Waals surface area contributed by atoms with E-state index < -0.39 is 0 Å². The first kappa shape index (κ1) is 13.9. The first-order valence-electron chi connectivity index (χ1n) is 5.74. The Bertz CT molecular complexity index is 344. The lowest BCUT2D eigenvalue weighted by atomic mass is 10.1. The third kappa shape index (κ3) is 4.32. The summed E-state index contributed by atoms with van der Waals surface area (Å²) >= 11 is 0. The Kier molecular flexibility index (Phi) is 5.94. The average Bonchev–Trinajstić information content (AvgIpc) is 2.34. The molecule has 0 aliphatic heterocycles. The average molecular weight is 241 g/mol. The van der Waals surface area contributed by atoms with Gasteiger partial charge >= 0.3 is 0 Å². The van der Waals surface area contributed by atoms with Crippen molar-refractivity contribution in [1.82, 2.24) is 5.32 Å². The molecule has 0 aliphatic carbocycles. The molecule has 1 rings (SSSR count). The minimum atomic E-state index is -0.324. The van der Waals surface area contributed by atoms with Gasteiger partial charge < -0.3 is 14.8 Å². The normalized spacial score (nSPS) is 12.5. The van der Waals surface area contributed by atoms with Crippen molar-refractivity contribution in [2.45, 2.75) is 19.4 Å². The van der Waals surface area contributed by atoms with Crippen LogP contribution in [0.4, 0.5) is 4.39 Å². The third-order valence-corrected chi connectivity index (χ3v) is 2.65. The number of rotatable bonds is 7. The number of benzene rings is 1. The van der Waals surface area contributed by atoms with E-state index in [-0.39, 0.29) is 17.6 Å². The van der Waals surface area contributed by atoms with Gasteiger partial charge in [0.15, 0.2) is 11.6 Å². The fourth-order valence-corrected chi connectivity index (χ4v) is 1.60.